The fourth-order valence-electron chi connectivity index (χ4n) is 1.46. The van der Waals surface area contributed by atoms with Crippen LogP contribution in [0.5, 0.6) is 0 Å². The SMILES string of the molecule is C#CC1CC(=O)N(c2ncc(C=O)s2)C1. The molecule has 0 aromatic carbocycles. The maximum Gasteiger partial charge on any atom is 0.230 e. The van der Waals surface area contributed by atoms with Crippen molar-refractivity contribution in [3.05, 3.63) is 11.1 Å². The quantitative estimate of drug-likeness (QED) is 0.550. The van der Waals surface area contributed by atoms with Gasteiger partial charge in [-0.15, -0.1) is 12.3 Å². The van der Waals surface area contributed by atoms with Crippen LogP contribution in [0.4, 0.5) is 5.13 Å². The third-order valence-electron chi connectivity index (χ3n) is 2.22. The number of hydrogen-bond donors (Lipinski definition) is 0. The molecule has 0 aliphatic carbocycles. The van der Waals surface area contributed by atoms with Crippen molar-refractivity contribution in [2.75, 3.05) is 11.4 Å². The lowest BCUT2D eigenvalue weighted by atomic mass is 10.1. The van der Waals surface area contributed by atoms with Gasteiger partial charge in [0, 0.05) is 18.9 Å². The van der Waals surface area contributed by atoms with Crippen molar-refractivity contribution < 1.29 is 9.59 Å². The molecule has 1 amide bonds. The molecule has 1 aliphatic heterocycles. The summed E-state index contributed by atoms with van der Waals surface area (Å²) in [6.45, 7) is 0.501. The Morgan fingerprint density at radius 2 is 2.53 bits per heavy atom. The van der Waals surface area contributed by atoms with Gasteiger partial charge in [0.2, 0.25) is 5.91 Å². The summed E-state index contributed by atoms with van der Waals surface area (Å²) in [6, 6.07) is 0. The van der Waals surface area contributed by atoms with Gasteiger partial charge in [-0.25, -0.2) is 4.98 Å². The molecule has 0 bridgehead atoms. The Bertz CT molecular complexity index is 447. The van der Waals surface area contributed by atoms with Gasteiger partial charge in [0.05, 0.1) is 11.1 Å². The van der Waals surface area contributed by atoms with E-state index in [-0.39, 0.29) is 11.8 Å². The van der Waals surface area contributed by atoms with Crippen LogP contribution in [0.2, 0.25) is 0 Å². The summed E-state index contributed by atoms with van der Waals surface area (Å²) in [7, 11) is 0. The van der Waals surface area contributed by atoms with Gasteiger partial charge < -0.3 is 0 Å². The van der Waals surface area contributed by atoms with E-state index in [4.69, 9.17) is 6.42 Å². The number of rotatable bonds is 2. The molecular formula is C10H8N2O2S. The number of aldehydes is 1. The van der Waals surface area contributed by atoms with Gasteiger partial charge in [0.25, 0.3) is 0 Å². The average Bonchev–Trinajstić information content (AvgIpc) is 2.83. The Balaban J connectivity index is 2.21. The lowest BCUT2D eigenvalue weighted by Gasteiger charge is -2.10. The lowest BCUT2D eigenvalue weighted by molar-refractivity contribution is -0.117. The van der Waals surface area contributed by atoms with Crippen molar-refractivity contribution in [2.24, 2.45) is 5.92 Å². The normalized spacial score (nSPS) is 20.3. The molecule has 1 saturated heterocycles. The van der Waals surface area contributed by atoms with Crippen molar-refractivity contribution in [2.45, 2.75) is 6.42 Å². The van der Waals surface area contributed by atoms with Gasteiger partial charge in [-0.2, -0.15) is 0 Å². The highest BCUT2D eigenvalue weighted by atomic mass is 32.1. The van der Waals surface area contributed by atoms with E-state index in [0.717, 1.165) is 6.29 Å². The smallest absolute Gasteiger partial charge is 0.230 e. The van der Waals surface area contributed by atoms with E-state index in [1.54, 1.807) is 4.90 Å². The number of nitrogens with zero attached hydrogens (tertiary/aromatic N) is 2. The van der Waals surface area contributed by atoms with Crippen molar-refractivity contribution in [1.29, 1.82) is 0 Å². The molecular weight excluding hydrogens is 212 g/mol. The molecule has 76 valence electrons. The van der Waals surface area contributed by atoms with E-state index in [0.29, 0.717) is 23.0 Å². The summed E-state index contributed by atoms with van der Waals surface area (Å²) >= 11 is 1.20. The molecule has 1 aromatic heterocycles. The molecule has 1 aliphatic rings. The van der Waals surface area contributed by atoms with Crippen LogP contribution in [0.25, 0.3) is 0 Å². The Morgan fingerprint density at radius 1 is 1.73 bits per heavy atom. The first-order valence-corrected chi connectivity index (χ1v) is 5.23. The molecule has 4 nitrogen and oxygen atoms in total. The molecule has 0 spiro atoms. The molecule has 5 heteroatoms. The highest BCUT2D eigenvalue weighted by Crippen LogP contribution is 2.27. The molecule has 2 heterocycles. The minimum Gasteiger partial charge on any atom is -0.297 e. The minimum absolute atomic E-state index is 0.0234. The number of carbonyl (C=O) groups excluding carboxylic acids is 2. The second-order valence-corrected chi connectivity index (χ2v) is 4.28. The number of carbonyl (C=O) groups is 2. The predicted molar refractivity (Wildman–Crippen MR) is 56.8 cm³/mol. The highest BCUT2D eigenvalue weighted by molar-refractivity contribution is 7.17. The first-order valence-electron chi connectivity index (χ1n) is 4.42. The van der Waals surface area contributed by atoms with Gasteiger partial charge in [-0.05, 0) is 0 Å². The highest BCUT2D eigenvalue weighted by Gasteiger charge is 2.30. The molecule has 1 aromatic rings. The van der Waals surface area contributed by atoms with Gasteiger partial charge in [0.1, 0.15) is 0 Å². The van der Waals surface area contributed by atoms with Crippen molar-refractivity contribution >= 4 is 28.7 Å². The molecule has 0 radical (unpaired) electrons. The summed E-state index contributed by atoms with van der Waals surface area (Å²) < 4.78 is 0. The molecule has 0 N–H and O–H groups in total. The maximum absolute atomic E-state index is 11.6. The molecule has 2 rings (SSSR count). The standard InChI is InChI=1S/C10H8N2O2S/c1-2-7-3-9(14)12(5-7)10-11-4-8(6-13)15-10/h1,4,6-7H,3,5H2. The molecule has 15 heavy (non-hydrogen) atoms. The van der Waals surface area contributed by atoms with E-state index >= 15 is 0 Å². The zero-order valence-electron chi connectivity index (χ0n) is 7.84. The number of aromatic nitrogens is 1. The second-order valence-electron chi connectivity index (χ2n) is 3.24. The van der Waals surface area contributed by atoms with Crippen LogP contribution in [0.1, 0.15) is 16.1 Å². The number of anilines is 1. The van der Waals surface area contributed by atoms with Gasteiger partial charge in [-0.1, -0.05) is 11.3 Å². The van der Waals surface area contributed by atoms with E-state index in [1.807, 2.05) is 0 Å². The van der Waals surface area contributed by atoms with E-state index in [1.165, 1.54) is 17.5 Å². The van der Waals surface area contributed by atoms with Crippen molar-refractivity contribution in [3.8, 4) is 12.3 Å². The minimum atomic E-state index is -0.0407. The Labute approximate surface area is 90.9 Å². The third-order valence-corrected chi connectivity index (χ3v) is 3.16. The molecule has 1 fully saturated rings. The van der Waals surface area contributed by atoms with Gasteiger partial charge in [0.15, 0.2) is 11.4 Å². The topological polar surface area (TPSA) is 50.3 Å². The van der Waals surface area contributed by atoms with E-state index in [2.05, 4.69) is 10.9 Å². The fraction of sp³-hybridized carbons (Fsp3) is 0.300. The van der Waals surface area contributed by atoms with Gasteiger partial charge in [-0.3, -0.25) is 14.5 Å². The predicted octanol–water partition coefficient (Wildman–Crippen LogP) is 0.942. The average molecular weight is 220 g/mol. The monoisotopic (exact) mass is 220 g/mol. The number of terminal acetylenes is 1. The van der Waals surface area contributed by atoms with Crippen LogP contribution in [0, 0.1) is 18.3 Å². The van der Waals surface area contributed by atoms with Crippen LogP contribution < -0.4 is 4.90 Å². The summed E-state index contributed by atoms with van der Waals surface area (Å²) in [6.07, 6.45) is 7.82. The van der Waals surface area contributed by atoms with Crippen molar-refractivity contribution in [3.63, 3.8) is 0 Å². The molecule has 1 atom stereocenters. The Morgan fingerprint density at radius 3 is 3.07 bits per heavy atom. The Hall–Kier alpha value is -1.67. The fourth-order valence-corrected chi connectivity index (χ4v) is 2.22. The van der Waals surface area contributed by atoms with Crippen LogP contribution in [-0.2, 0) is 4.79 Å². The maximum atomic E-state index is 11.6. The first kappa shape index (κ1) is 9.87. The van der Waals surface area contributed by atoms with Gasteiger partial charge >= 0.3 is 0 Å². The zero-order chi connectivity index (χ0) is 10.8. The summed E-state index contributed by atoms with van der Waals surface area (Å²) in [5.41, 5.74) is 0. The molecule has 0 saturated carbocycles. The zero-order valence-corrected chi connectivity index (χ0v) is 8.66. The summed E-state index contributed by atoms with van der Waals surface area (Å²) in [5, 5.41) is 0.555. The van der Waals surface area contributed by atoms with Crippen LogP contribution in [-0.4, -0.2) is 23.7 Å². The first-order chi connectivity index (χ1) is 7.24. The third kappa shape index (κ3) is 1.76. The van der Waals surface area contributed by atoms with Crippen LogP contribution >= 0.6 is 11.3 Å². The molecule has 1 unspecified atom stereocenters. The Kier molecular flexibility index (Phi) is 2.52. The number of thiazole rings is 1. The lowest BCUT2D eigenvalue weighted by Crippen LogP contribution is -2.24. The second kappa shape index (κ2) is 3.83. The number of hydrogen-bond acceptors (Lipinski definition) is 4. The number of amides is 1. The van der Waals surface area contributed by atoms with E-state index < -0.39 is 0 Å². The van der Waals surface area contributed by atoms with Crippen LogP contribution in [0.3, 0.4) is 0 Å². The van der Waals surface area contributed by atoms with Crippen molar-refractivity contribution in [1.82, 2.24) is 4.98 Å². The summed E-state index contributed by atoms with van der Waals surface area (Å²) in [4.78, 5) is 28.1. The largest absolute Gasteiger partial charge is 0.297 e. The van der Waals surface area contributed by atoms with E-state index in [9.17, 15) is 9.59 Å². The van der Waals surface area contributed by atoms with Crippen LogP contribution in [0.15, 0.2) is 6.20 Å². The summed E-state index contributed by atoms with van der Waals surface area (Å²) in [5.74, 6) is 2.50.